The van der Waals surface area contributed by atoms with Gasteiger partial charge in [0.2, 0.25) is 0 Å². The summed E-state index contributed by atoms with van der Waals surface area (Å²) in [5, 5.41) is 14.8. The van der Waals surface area contributed by atoms with Crippen LogP contribution in [0.1, 0.15) is 44.1 Å². The number of nitrogens with one attached hydrogen (secondary N) is 1. The zero-order valence-electron chi connectivity index (χ0n) is 17.6. The van der Waals surface area contributed by atoms with E-state index in [0.717, 1.165) is 51.0 Å². The first kappa shape index (κ1) is 19.8. The molecule has 2 N–H and O–H groups in total. The van der Waals surface area contributed by atoms with Crippen molar-refractivity contribution in [1.82, 2.24) is 4.90 Å². The Hall–Kier alpha value is -2.11. The third kappa shape index (κ3) is 3.58. The van der Waals surface area contributed by atoms with Crippen molar-refractivity contribution >= 4 is 37.2 Å². The predicted octanol–water partition coefficient (Wildman–Crippen LogP) is 5.50. The van der Waals surface area contributed by atoms with Gasteiger partial charge in [0.15, 0.2) is 5.43 Å². The Kier molecular flexibility index (Phi) is 5.42. The molecule has 0 saturated carbocycles. The van der Waals surface area contributed by atoms with E-state index in [1.165, 1.54) is 45.2 Å². The fourth-order valence-corrected chi connectivity index (χ4v) is 6.68. The number of phenolic OH excluding ortho intramolecular Hbond substituents is 1. The number of rotatable bonds is 4. The van der Waals surface area contributed by atoms with Gasteiger partial charge in [0, 0.05) is 33.1 Å². The molecule has 2 aliphatic rings. The van der Waals surface area contributed by atoms with Gasteiger partial charge in [0.05, 0.1) is 5.39 Å². The molecule has 3 aromatic rings. The van der Waals surface area contributed by atoms with Crippen molar-refractivity contribution in [2.45, 2.75) is 51.5 Å². The summed E-state index contributed by atoms with van der Waals surface area (Å²) >= 11 is 1.63. The number of hydrogen-bond acceptors (Lipinski definition) is 5. The van der Waals surface area contributed by atoms with Crippen LogP contribution in [-0.4, -0.2) is 35.7 Å². The van der Waals surface area contributed by atoms with Gasteiger partial charge in [-0.15, -0.1) is 11.3 Å². The molecule has 4 nitrogen and oxygen atoms in total. The van der Waals surface area contributed by atoms with Gasteiger partial charge in [-0.1, -0.05) is 12.5 Å². The molecule has 2 aromatic carbocycles. The Bertz CT molecular complexity index is 1140. The van der Waals surface area contributed by atoms with Crippen molar-refractivity contribution in [1.29, 1.82) is 0 Å². The summed E-state index contributed by atoms with van der Waals surface area (Å²) in [4.78, 5) is 16.0. The number of hydrogen-bond donors (Lipinski definition) is 2. The van der Waals surface area contributed by atoms with Gasteiger partial charge in [-0.05, 0) is 87.9 Å². The minimum absolute atomic E-state index is 0.0111. The van der Waals surface area contributed by atoms with Crippen LogP contribution in [0.4, 0.5) is 5.69 Å². The number of nitrogens with zero attached hydrogens (tertiary/aromatic N) is 1. The molecule has 1 aromatic heterocycles. The largest absolute Gasteiger partial charge is 0.508 e. The quantitative estimate of drug-likeness (QED) is 0.546. The minimum Gasteiger partial charge on any atom is -0.508 e. The summed E-state index contributed by atoms with van der Waals surface area (Å²) in [5.74, 6) is 0.901. The molecule has 30 heavy (non-hydrogen) atoms. The number of aromatic hydroxyl groups is 1. The Morgan fingerprint density at radius 2 is 2.00 bits per heavy atom. The highest BCUT2D eigenvalue weighted by Gasteiger charge is 2.32. The summed E-state index contributed by atoms with van der Waals surface area (Å²) in [6.45, 7) is 5.51. The maximum absolute atomic E-state index is 13.3. The van der Waals surface area contributed by atoms with Crippen molar-refractivity contribution < 1.29 is 5.11 Å². The number of anilines is 1. The number of benzene rings is 2. The SMILES string of the molecule is Cc1ccc(NCCC2CCCN3CCCCC23)c2c(=O)c3cc(O)ccc3sc12. The summed E-state index contributed by atoms with van der Waals surface area (Å²) in [6, 6.07) is 10.0. The number of phenols is 1. The van der Waals surface area contributed by atoms with Gasteiger partial charge < -0.3 is 15.3 Å². The molecule has 2 aliphatic heterocycles. The van der Waals surface area contributed by atoms with Crippen LogP contribution in [0.2, 0.25) is 0 Å². The second kappa shape index (κ2) is 8.20. The number of aryl methyl sites for hydroxylation is 1. The second-order valence-corrected chi connectivity index (χ2v) is 10.0. The van der Waals surface area contributed by atoms with Crippen LogP contribution in [0.3, 0.4) is 0 Å². The maximum Gasteiger partial charge on any atom is 0.198 e. The van der Waals surface area contributed by atoms with Crippen LogP contribution < -0.4 is 10.7 Å². The van der Waals surface area contributed by atoms with Crippen LogP contribution in [0.25, 0.3) is 20.2 Å². The summed E-state index contributed by atoms with van der Waals surface area (Å²) in [6.07, 6.45) is 7.87. The zero-order valence-corrected chi connectivity index (χ0v) is 18.4. The first-order chi connectivity index (χ1) is 14.6. The standard InChI is InChI=1S/C25H30N2O2S/c1-16-7-9-20(23-24(29)19-15-18(28)8-10-22(19)30-25(16)23)26-12-11-17-5-4-14-27-13-3-2-6-21(17)27/h7-10,15,17,21,26,28H,2-6,11-14H2,1H3. The van der Waals surface area contributed by atoms with Crippen LogP contribution in [0, 0.1) is 12.8 Å². The topological polar surface area (TPSA) is 52.6 Å². The molecule has 2 fully saturated rings. The Labute approximate surface area is 181 Å². The van der Waals surface area contributed by atoms with E-state index in [0.29, 0.717) is 5.39 Å². The van der Waals surface area contributed by atoms with Crippen molar-refractivity contribution in [3.8, 4) is 5.75 Å². The van der Waals surface area contributed by atoms with Crippen LogP contribution >= 0.6 is 11.3 Å². The van der Waals surface area contributed by atoms with Gasteiger partial charge in [0.25, 0.3) is 0 Å². The number of fused-ring (bicyclic) bond motifs is 3. The number of piperidine rings is 2. The third-order valence-electron chi connectivity index (χ3n) is 7.06. The van der Waals surface area contributed by atoms with Gasteiger partial charge in [-0.3, -0.25) is 4.79 Å². The van der Waals surface area contributed by atoms with E-state index in [9.17, 15) is 9.90 Å². The first-order valence-corrected chi connectivity index (χ1v) is 12.1. The lowest BCUT2D eigenvalue weighted by Crippen LogP contribution is -2.48. The molecule has 0 bridgehead atoms. The predicted molar refractivity (Wildman–Crippen MR) is 127 cm³/mol. The minimum atomic E-state index is 0.0111. The lowest BCUT2D eigenvalue weighted by molar-refractivity contribution is 0.0573. The van der Waals surface area contributed by atoms with E-state index in [2.05, 4.69) is 23.2 Å². The highest BCUT2D eigenvalue weighted by molar-refractivity contribution is 7.24. The highest BCUT2D eigenvalue weighted by Crippen LogP contribution is 2.35. The van der Waals surface area contributed by atoms with Crippen molar-refractivity contribution in [2.75, 3.05) is 25.0 Å². The van der Waals surface area contributed by atoms with Crippen molar-refractivity contribution in [3.05, 3.63) is 46.1 Å². The summed E-state index contributed by atoms with van der Waals surface area (Å²) in [5.41, 5.74) is 2.06. The van der Waals surface area contributed by atoms with Crippen LogP contribution in [0.5, 0.6) is 5.75 Å². The Balaban J connectivity index is 1.42. The second-order valence-electron chi connectivity index (χ2n) is 8.96. The molecule has 0 aliphatic carbocycles. The molecule has 158 valence electrons. The van der Waals surface area contributed by atoms with E-state index < -0.39 is 0 Å². The molecular formula is C25H30N2O2S. The Morgan fingerprint density at radius 1 is 1.13 bits per heavy atom. The summed E-state index contributed by atoms with van der Waals surface area (Å²) in [7, 11) is 0. The van der Waals surface area contributed by atoms with Crippen molar-refractivity contribution in [3.63, 3.8) is 0 Å². The third-order valence-corrected chi connectivity index (χ3v) is 8.37. The van der Waals surface area contributed by atoms with E-state index in [1.807, 2.05) is 12.1 Å². The van der Waals surface area contributed by atoms with Gasteiger partial charge in [-0.2, -0.15) is 0 Å². The Morgan fingerprint density at radius 3 is 2.90 bits per heavy atom. The molecular weight excluding hydrogens is 392 g/mol. The maximum atomic E-state index is 13.3. The molecule has 0 spiro atoms. The zero-order chi connectivity index (χ0) is 20.7. The smallest absolute Gasteiger partial charge is 0.198 e. The fourth-order valence-electron chi connectivity index (χ4n) is 5.53. The van der Waals surface area contributed by atoms with Gasteiger partial charge in [-0.25, -0.2) is 0 Å². The molecule has 0 radical (unpaired) electrons. The van der Waals surface area contributed by atoms with Crippen LogP contribution in [-0.2, 0) is 0 Å². The van der Waals surface area contributed by atoms with Gasteiger partial charge in [0.1, 0.15) is 5.75 Å². The average molecular weight is 423 g/mol. The lowest BCUT2D eigenvalue weighted by Gasteiger charge is -2.44. The van der Waals surface area contributed by atoms with Crippen LogP contribution in [0.15, 0.2) is 35.1 Å². The van der Waals surface area contributed by atoms with E-state index >= 15 is 0 Å². The summed E-state index contributed by atoms with van der Waals surface area (Å²) < 4.78 is 1.96. The van der Waals surface area contributed by atoms with E-state index in [4.69, 9.17) is 0 Å². The fraction of sp³-hybridized carbons (Fsp3) is 0.480. The highest BCUT2D eigenvalue weighted by atomic mass is 32.1. The molecule has 2 atom stereocenters. The lowest BCUT2D eigenvalue weighted by atomic mass is 9.81. The average Bonchev–Trinajstić information content (AvgIpc) is 2.76. The molecule has 5 rings (SSSR count). The first-order valence-electron chi connectivity index (χ1n) is 11.3. The molecule has 3 heterocycles. The van der Waals surface area contributed by atoms with Gasteiger partial charge >= 0.3 is 0 Å². The van der Waals surface area contributed by atoms with E-state index in [1.54, 1.807) is 23.5 Å². The molecule has 2 saturated heterocycles. The monoisotopic (exact) mass is 422 g/mol. The van der Waals surface area contributed by atoms with E-state index in [-0.39, 0.29) is 11.2 Å². The van der Waals surface area contributed by atoms with Crippen molar-refractivity contribution in [2.24, 2.45) is 5.92 Å². The molecule has 5 heteroatoms. The normalized spacial score (nSPS) is 22.3. The molecule has 0 amide bonds. The molecule has 2 unspecified atom stereocenters.